The first-order valence-electron chi connectivity index (χ1n) is 8.39. The third kappa shape index (κ3) is 3.25. The van der Waals surface area contributed by atoms with E-state index in [0.717, 1.165) is 23.0 Å². The largest absolute Gasteiger partial charge is 0.331 e. The Hall–Kier alpha value is -2.37. The first-order chi connectivity index (χ1) is 12.2. The molecule has 0 radical (unpaired) electrons. The van der Waals surface area contributed by atoms with Crippen molar-refractivity contribution in [3.63, 3.8) is 0 Å². The van der Waals surface area contributed by atoms with Gasteiger partial charge in [-0.05, 0) is 17.7 Å². The standard InChI is InChI=1S/C19H19ClN4O/c20-16-7-3-2-6-15(16)18-11-21-9-10-24(18)19(25)13-23-12-14-5-1-4-8-17(14)22-23/h1-8,12,18,21H,9-11,13H2. The summed E-state index contributed by atoms with van der Waals surface area (Å²) in [6.07, 6.45) is 1.92. The fourth-order valence-corrected chi connectivity index (χ4v) is 3.61. The zero-order valence-electron chi connectivity index (χ0n) is 13.7. The van der Waals surface area contributed by atoms with Crippen LogP contribution in [0.5, 0.6) is 0 Å². The van der Waals surface area contributed by atoms with Crippen molar-refractivity contribution >= 4 is 28.4 Å². The number of carbonyl (C=O) groups is 1. The number of nitrogens with zero attached hydrogens (tertiary/aromatic N) is 3. The van der Waals surface area contributed by atoms with Crippen LogP contribution in [0.2, 0.25) is 5.02 Å². The van der Waals surface area contributed by atoms with Gasteiger partial charge >= 0.3 is 0 Å². The topological polar surface area (TPSA) is 50.2 Å². The van der Waals surface area contributed by atoms with E-state index in [1.165, 1.54) is 0 Å². The first-order valence-corrected chi connectivity index (χ1v) is 8.77. The molecule has 2 aromatic carbocycles. The van der Waals surface area contributed by atoms with Gasteiger partial charge in [0.1, 0.15) is 6.54 Å². The number of hydrogen-bond donors (Lipinski definition) is 1. The molecule has 1 unspecified atom stereocenters. The summed E-state index contributed by atoms with van der Waals surface area (Å²) in [6.45, 7) is 2.38. The molecule has 1 atom stereocenters. The van der Waals surface area contributed by atoms with Gasteiger partial charge in [-0.25, -0.2) is 0 Å². The van der Waals surface area contributed by atoms with Crippen LogP contribution in [0.4, 0.5) is 0 Å². The summed E-state index contributed by atoms with van der Waals surface area (Å²) in [6, 6.07) is 15.5. The fourth-order valence-electron chi connectivity index (χ4n) is 3.35. The Kier molecular flexibility index (Phi) is 4.42. The molecule has 0 saturated carbocycles. The van der Waals surface area contributed by atoms with Crippen molar-refractivity contribution in [1.82, 2.24) is 20.0 Å². The Labute approximate surface area is 151 Å². The normalized spacial score (nSPS) is 17.8. The summed E-state index contributed by atoms with van der Waals surface area (Å²) < 4.78 is 1.72. The second-order valence-electron chi connectivity index (χ2n) is 6.21. The van der Waals surface area contributed by atoms with E-state index in [2.05, 4.69) is 10.4 Å². The highest BCUT2D eigenvalue weighted by Crippen LogP contribution is 2.28. The maximum atomic E-state index is 12.9. The number of aromatic nitrogens is 2. The van der Waals surface area contributed by atoms with Gasteiger partial charge in [0.15, 0.2) is 0 Å². The van der Waals surface area contributed by atoms with Crippen LogP contribution in [0.3, 0.4) is 0 Å². The molecule has 128 valence electrons. The molecule has 0 aliphatic carbocycles. The number of piperazine rings is 1. The first kappa shape index (κ1) is 16.1. The van der Waals surface area contributed by atoms with E-state index >= 15 is 0 Å². The van der Waals surface area contributed by atoms with Crippen LogP contribution in [0.25, 0.3) is 10.9 Å². The molecule has 4 rings (SSSR count). The summed E-state index contributed by atoms with van der Waals surface area (Å²) in [5.74, 6) is 0.0548. The third-order valence-electron chi connectivity index (χ3n) is 4.59. The van der Waals surface area contributed by atoms with Gasteiger partial charge in [0.05, 0.1) is 11.6 Å². The number of amides is 1. The Balaban J connectivity index is 1.57. The van der Waals surface area contributed by atoms with Crippen molar-refractivity contribution < 1.29 is 4.79 Å². The minimum atomic E-state index is -0.0556. The maximum absolute atomic E-state index is 12.9. The Bertz CT molecular complexity index is 874. The lowest BCUT2D eigenvalue weighted by molar-refractivity contribution is -0.135. The second kappa shape index (κ2) is 6.86. The molecule has 1 N–H and O–H groups in total. The highest BCUT2D eigenvalue weighted by molar-refractivity contribution is 6.31. The molecule has 1 aliphatic rings. The van der Waals surface area contributed by atoms with Gasteiger partial charge in [-0.2, -0.15) is 5.10 Å². The molecule has 0 spiro atoms. The third-order valence-corrected chi connectivity index (χ3v) is 4.93. The monoisotopic (exact) mass is 354 g/mol. The molecule has 1 aliphatic heterocycles. The molecular formula is C19H19ClN4O. The van der Waals surface area contributed by atoms with E-state index < -0.39 is 0 Å². The molecule has 3 aromatic rings. The summed E-state index contributed by atoms with van der Waals surface area (Å²) in [5.41, 5.74) is 1.88. The molecule has 1 saturated heterocycles. The van der Waals surface area contributed by atoms with Crippen LogP contribution in [0, 0.1) is 0 Å². The van der Waals surface area contributed by atoms with Gasteiger partial charge in [-0.15, -0.1) is 0 Å². The minimum absolute atomic E-state index is 0.0548. The van der Waals surface area contributed by atoms with Crippen molar-refractivity contribution in [2.24, 2.45) is 0 Å². The van der Waals surface area contributed by atoms with Gasteiger partial charge in [0, 0.05) is 36.2 Å². The summed E-state index contributed by atoms with van der Waals surface area (Å²) in [4.78, 5) is 14.8. The van der Waals surface area contributed by atoms with Gasteiger partial charge in [-0.1, -0.05) is 48.0 Å². The van der Waals surface area contributed by atoms with Crippen molar-refractivity contribution in [2.75, 3.05) is 19.6 Å². The summed E-state index contributed by atoms with van der Waals surface area (Å²) in [5, 5.41) is 9.58. The molecule has 25 heavy (non-hydrogen) atoms. The molecular weight excluding hydrogens is 336 g/mol. The van der Waals surface area contributed by atoms with Gasteiger partial charge < -0.3 is 10.2 Å². The van der Waals surface area contributed by atoms with Crippen molar-refractivity contribution in [2.45, 2.75) is 12.6 Å². The summed E-state index contributed by atoms with van der Waals surface area (Å²) in [7, 11) is 0. The number of fused-ring (bicyclic) bond motifs is 1. The van der Waals surface area contributed by atoms with E-state index in [9.17, 15) is 4.79 Å². The Morgan fingerprint density at radius 1 is 1.20 bits per heavy atom. The minimum Gasteiger partial charge on any atom is -0.331 e. The predicted octanol–water partition coefficient (Wildman–Crippen LogP) is 2.86. The fraction of sp³-hybridized carbons (Fsp3) is 0.263. The van der Waals surface area contributed by atoms with Crippen LogP contribution >= 0.6 is 11.6 Å². The number of nitrogens with one attached hydrogen (secondary N) is 1. The van der Waals surface area contributed by atoms with Crippen LogP contribution < -0.4 is 5.32 Å². The van der Waals surface area contributed by atoms with Gasteiger partial charge in [0.2, 0.25) is 5.91 Å². The highest BCUT2D eigenvalue weighted by atomic mass is 35.5. The average Bonchev–Trinajstić information content (AvgIpc) is 3.04. The van der Waals surface area contributed by atoms with Crippen LogP contribution in [-0.4, -0.2) is 40.2 Å². The van der Waals surface area contributed by atoms with Crippen molar-refractivity contribution in [3.8, 4) is 0 Å². The van der Waals surface area contributed by atoms with Gasteiger partial charge in [-0.3, -0.25) is 9.48 Å². The van der Waals surface area contributed by atoms with Crippen LogP contribution in [0.15, 0.2) is 54.7 Å². The van der Waals surface area contributed by atoms with E-state index in [-0.39, 0.29) is 18.5 Å². The molecule has 5 nitrogen and oxygen atoms in total. The van der Waals surface area contributed by atoms with Crippen LogP contribution in [-0.2, 0) is 11.3 Å². The van der Waals surface area contributed by atoms with Crippen molar-refractivity contribution in [1.29, 1.82) is 0 Å². The molecule has 2 heterocycles. The van der Waals surface area contributed by atoms with Crippen molar-refractivity contribution in [3.05, 3.63) is 65.3 Å². The maximum Gasteiger partial charge on any atom is 0.244 e. The van der Waals surface area contributed by atoms with E-state index in [1.54, 1.807) is 4.68 Å². The molecule has 6 heteroatoms. The molecule has 1 fully saturated rings. The number of rotatable bonds is 3. The number of hydrogen-bond acceptors (Lipinski definition) is 3. The molecule has 1 amide bonds. The number of halogens is 1. The van der Waals surface area contributed by atoms with E-state index in [4.69, 9.17) is 11.6 Å². The second-order valence-corrected chi connectivity index (χ2v) is 6.62. The Morgan fingerprint density at radius 2 is 2.00 bits per heavy atom. The predicted molar refractivity (Wildman–Crippen MR) is 98.5 cm³/mol. The van der Waals surface area contributed by atoms with Gasteiger partial charge in [0.25, 0.3) is 0 Å². The smallest absolute Gasteiger partial charge is 0.244 e. The SMILES string of the molecule is O=C(Cn1cc2ccccc2n1)N1CCNCC1c1ccccc1Cl. The quantitative estimate of drug-likeness (QED) is 0.786. The average molecular weight is 355 g/mol. The molecule has 0 bridgehead atoms. The molecule has 1 aromatic heterocycles. The highest BCUT2D eigenvalue weighted by Gasteiger charge is 2.29. The van der Waals surface area contributed by atoms with E-state index in [1.807, 2.05) is 59.6 Å². The number of carbonyl (C=O) groups excluding carboxylic acids is 1. The van der Waals surface area contributed by atoms with E-state index in [0.29, 0.717) is 18.1 Å². The Morgan fingerprint density at radius 3 is 2.84 bits per heavy atom. The lowest BCUT2D eigenvalue weighted by atomic mass is 10.0. The lowest BCUT2D eigenvalue weighted by Crippen LogP contribution is -2.49. The zero-order chi connectivity index (χ0) is 17.2. The lowest BCUT2D eigenvalue weighted by Gasteiger charge is -2.37. The zero-order valence-corrected chi connectivity index (χ0v) is 14.5. The summed E-state index contributed by atoms with van der Waals surface area (Å²) >= 11 is 6.36. The van der Waals surface area contributed by atoms with Crippen LogP contribution in [0.1, 0.15) is 11.6 Å². The number of benzene rings is 2.